The summed E-state index contributed by atoms with van der Waals surface area (Å²) in [7, 11) is 1.34. The van der Waals surface area contributed by atoms with Gasteiger partial charge in [-0.05, 0) is 23.6 Å². The molecule has 1 aliphatic rings. The highest BCUT2D eigenvalue weighted by atomic mass is 32.1. The topological polar surface area (TPSA) is 84.3 Å². The van der Waals surface area contributed by atoms with Crippen LogP contribution in [0, 0.1) is 0 Å². The van der Waals surface area contributed by atoms with Gasteiger partial charge >= 0.3 is 5.97 Å². The number of carbonyl (C=O) groups is 1. The molecule has 4 heterocycles. The van der Waals surface area contributed by atoms with Gasteiger partial charge in [0.15, 0.2) is 11.6 Å². The molecule has 0 atom stereocenters. The maximum atomic E-state index is 11.9. The van der Waals surface area contributed by atoms with E-state index in [1.165, 1.54) is 7.11 Å². The van der Waals surface area contributed by atoms with Crippen LogP contribution in [0.15, 0.2) is 29.8 Å². The first-order valence-corrected chi connectivity index (χ1v) is 8.75. The zero-order valence-electron chi connectivity index (χ0n) is 13.6. The van der Waals surface area contributed by atoms with Crippen LogP contribution in [0.2, 0.25) is 0 Å². The fraction of sp³-hybridized carbons (Fsp3) is 0.312. The molecule has 0 N–H and O–H groups in total. The molecule has 0 radical (unpaired) electrons. The molecule has 128 valence electrons. The highest BCUT2D eigenvalue weighted by Crippen LogP contribution is 2.30. The minimum Gasteiger partial charge on any atom is -0.463 e. The average Bonchev–Trinajstić information content (AvgIpc) is 3.16. The lowest BCUT2D eigenvalue weighted by atomic mass is 10.3. The monoisotopic (exact) mass is 356 g/mol. The third kappa shape index (κ3) is 2.98. The largest absolute Gasteiger partial charge is 0.463 e. The highest BCUT2D eigenvalue weighted by molar-refractivity contribution is 7.17. The Hall–Kier alpha value is -2.81. The molecule has 1 saturated heterocycles. The number of nitrogens with zero attached hydrogens (tertiary/aromatic N) is 6. The molecule has 1 aliphatic heterocycles. The Balaban J connectivity index is 1.60. The first kappa shape index (κ1) is 15.7. The molecule has 1 fully saturated rings. The van der Waals surface area contributed by atoms with Gasteiger partial charge < -0.3 is 14.5 Å². The van der Waals surface area contributed by atoms with Gasteiger partial charge in [0, 0.05) is 32.4 Å². The zero-order valence-corrected chi connectivity index (χ0v) is 14.4. The molecule has 0 saturated carbocycles. The fourth-order valence-corrected chi connectivity index (χ4v) is 3.70. The normalized spacial score (nSPS) is 14.8. The number of thiophene rings is 1. The van der Waals surface area contributed by atoms with E-state index in [2.05, 4.69) is 30.0 Å². The van der Waals surface area contributed by atoms with Gasteiger partial charge in [-0.1, -0.05) is 0 Å². The van der Waals surface area contributed by atoms with Gasteiger partial charge in [0.2, 0.25) is 5.82 Å². The van der Waals surface area contributed by atoms with Gasteiger partial charge in [0.1, 0.15) is 0 Å². The van der Waals surface area contributed by atoms with Crippen molar-refractivity contribution in [2.45, 2.75) is 0 Å². The van der Waals surface area contributed by atoms with Crippen LogP contribution in [0.4, 0.5) is 11.6 Å². The van der Waals surface area contributed by atoms with Crippen molar-refractivity contribution in [2.24, 2.45) is 0 Å². The van der Waals surface area contributed by atoms with Crippen molar-refractivity contribution < 1.29 is 9.53 Å². The van der Waals surface area contributed by atoms with E-state index in [9.17, 15) is 4.79 Å². The van der Waals surface area contributed by atoms with Crippen LogP contribution in [0.3, 0.4) is 0 Å². The minimum atomic E-state index is -0.521. The van der Waals surface area contributed by atoms with Gasteiger partial charge in [-0.2, -0.15) is 5.10 Å². The Morgan fingerprint density at radius 1 is 1.16 bits per heavy atom. The number of piperazine rings is 1. The van der Waals surface area contributed by atoms with E-state index in [4.69, 9.17) is 4.74 Å². The molecule has 0 aliphatic carbocycles. The number of esters is 1. The maximum absolute atomic E-state index is 11.9. The van der Waals surface area contributed by atoms with E-state index in [1.807, 2.05) is 23.6 Å². The first-order valence-electron chi connectivity index (χ1n) is 7.87. The second-order valence-electron chi connectivity index (χ2n) is 5.55. The molecule has 0 amide bonds. The van der Waals surface area contributed by atoms with Crippen molar-refractivity contribution in [3.63, 3.8) is 0 Å². The standard InChI is InChI=1S/C16H16N6O2S/c1-24-16(23)14-18-11-4-10-25-13(11)15(19-14)22-8-6-21(7-9-22)12-3-2-5-17-20-12/h2-5,10H,6-9H2,1H3. The molecule has 0 bridgehead atoms. The molecule has 0 spiro atoms. The van der Waals surface area contributed by atoms with Gasteiger partial charge in [-0.25, -0.2) is 14.8 Å². The second kappa shape index (κ2) is 6.60. The van der Waals surface area contributed by atoms with E-state index in [-0.39, 0.29) is 5.82 Å². The number of carbonyl (C=O) groups excluding carboxylic acids is 1. The Bertz CT molecular complexity index is 892. The summed E-state index contributed by atoms with van der Waals surface area (Å²) in [4.78, 5) is 25.0. The number of methoxy groups -OCH3 is 1. The zero-order chi connectivity index (χ0) is 17.2. The quantitative estimate of drug-likeness (QED) is 0.654. The number of fused-ring (bicyclic) bond motifs is 1. The Morgan fingerprint density at radius 3 is 2.68 bits per heavy atom. The van der Waals surface area contributed by atoms with E-state index in [1.54, 1.807) is 17.5 Å². The van der Waals surface area contributed by atoms with Gasteiger partial charge in [0.25, 0.3) is 0 Å². The summed E-state index contributed by atoms with van der Waals surface area (Å²) in [6, 6.07) is 5.74. The van der Waals surface area contributed by atoms with Crippen LogP contribution < -0.4 is 9.80 Å². The summed E-state index contributed by atoms with van der Waals surface area (Å²) in [6.45, 7) is 3.18. The SMILES string of the molecule is COC(=O)c1nc(N2CCN(c3cccnn3)CC2)c2sccc2n1. The smallest absolute Gasteiger partial charge is 0.376 e. The lowest BCUT2D eigenvalue weighted by molar-refractivity contribution is 0.0587. The van der Waals surface area contributed by atoms with Crippen LogP contribution >= 0.6 is 11.3 Å². The molecule has 0 aromatic carbocycles. The minimum absolute atomic E-state index is 0.0970. The molecule has 25 heavy (non-hydrogen) atoms. The predicted octanol–water partition coefficient (Wildman–Crippen LogP) is 1.59. The average molecular weight is 356 g/mol. The van der Waals surface area contributed by atoms with Crippen molar-refractivity contribution in [1.82, 2.24) is 20.2 Å². The number of ether oxygens (including phenoxy) is 1. The number of anilines is 2. The Morgan fingerprint density at radius 2 is 1.96 bits per heavy atom. The lowest BCUT2D eigenvalue weighted by Gasteiger charge is -2.35. The summed E-state index contributed by atoms with van der Waals surface area (Å²) < 4.78 is 5.76. The summed E-state index contributed by atoms with van der Waals surface area (Å²) in [5, 5.41) is 10.1. The third-order valence-corrected chi connectivity index (χ3v) is 5.01. The van der Waals surface area contributed by atoms with Crippen molar-refractivity contribution >= 4 is 39.2 Å². The molecule has 8 nitrogen and oxygen atoms in total. The molecule has 3 aromatic heterocycles. The summed E-state index contributed by atoms with van der Waals surface area (Å²) >= 11 is 1.58. The van der Waals surface area contributed by atoms with Crippen molar-refractivity contribution in [3.05, 3.63) is 35.6 Å². The van der Waals surface area contributed by atoms with Gasteiger partial charge in [-0.3, -0.25) is 0 Å². The Labute approximate surface area is 148 Å². The maximum Gasteiger partial charge on any atom is 0.376 e. The second-order valence-corrected chi connectivity index (χ2v) is 6.47. The molecular formula is C16H16N6O2S. The molecular weight excluding hydrogens is 340 g/mol. The Kier molecular flexibility index (Phi) is 4.14. The van der Waals surface area contributed by atoms with Gasteiger partial charge in [0.05, 0.1) is 17.3 Å². The van der Waals surface area contributed by atoms with Crippen molar-refractivity contribution in [2.75, 3.05) is 43.1 Å². The van der Waals surface area contributed by atoms with E-state index < -0.39 is 5.97 Å². The number of aromatic nitrogens is 4. The molecule has 9 heteroatoms. The van der Waals surface area contributed by atoms with Crippen molar-refractivity contribution in [1.29, 1.82) is 0 Å². The van der Waals surface area contributed by atoms with Crippen molar-refractivity contribution in [3.8, 4) is 0 Å². The number of hydrogen-bond acceptors (Lipinski definition) is 9. The molecule has 0 unspecified atom stereocenters. The molecule has 4 rings (SSSR count). The first-order chi connectivity index (χ1) is 12.3. The van der Waals surface area contributed by atoms with Gasteiger partial charge in [-0.15, -0.1) is 16.4 Å². The summed E-state index contributed by atoms with van der Waals surface area (Å²) in [5.41, 5.74) is 0.770. The molecule has 3 aromatic rings. The van der Waals surface area contributed by atoms with Crippen LogP contribution in [0.5, 0.6) is 0 Å². The fourth-order valence-electron chi connectivity index (χ4n) is 2.85. The summed E-state index contributed by atoms with van der Waals surface area (Å²) in [5.74, 6) is 1.24. The van der Waals surface area contributed by atoms with Crippen LogP contribution in [-0.4, -0.2) is 59.4 Å². The number of hydrogen-bond donors (Lipinski definition) is 0. The highest BCUT2D eigenvalue weighted by Gasteiger charge is 2.23. The van der Waals surface area contributed by atoms with E-state index in [0.717, 1.165) is 48.0 Å². The predicted molar refractivity (Wildman–Crippen MR) is 95.2 cm³/mol. The van der Waals surface area contributed by atoms with E-state index >= 15 is 0 Å². The summed E-state index contributed by atoms with van der Waals surface area (Å²) in [6.07, 6.45) is 1.67. The lowest BCUT2D eigenvalue weighted by Crippen LogP contribution is -2.47. The van der Waals surface area contributed by atoms with Crippen LogP contribution in [0.25, 0.3) is 10.2 Å². The van der Waals surface area contributed by atoms with Crippen LogP contribution in [0.1, 0.15) is 10.6 Å². The third-order valence-electron chi connectivity index (χ3n) is 4.12. The number of rotatable bonds is 3. The van der Waals surface area contributed by atoms with E-state index in [0.29, 0.717) is 0 Å². The van der Waals surface area contributed by atoms with Crippen LogP contribution in [-0.2, 0) is 4.74 Å².